The third kappa shape index (κ3) is 3.58. The van der Waals surface area contributed by atoms with Crippen molar-refractivity contribution in [3.05, 3.63) is 78.4 Å². The summed E-state index contributed by atoms with van der Waals surface area (Å²) in [6, 6.07) is 14.2. The van der Waals surface area contributed by atoms with Crippen molar-refractivity contribution in [2.75, 3.05) is 13.1 Å². The molecule has 0 N–H and O–H groups in total. The maximum atomic E-state index is 13.0. The van der Waals surface area contributed by atoms with Crippen molar-refractivity contribution < 1.29 is 4.79 Å². The smallest absolute Gasteiger partial charge is 0.257 e. The largest absolute Gasteiger partial charge is 0.338 e. The summed E-state index contributed by atoms with van der Waals surface area (Å²) in [5, 5.41) is 0. The molecule has 0 aliphatic carbocycles. The van der Waals surface area contributed by atoms with Gasteiger partial charge < -0.3 is 4.90 Å². The van der Waals surface area contributed by atoms with Gasteiger partial charge in [-0.25, -0.2) is 9.97 Å². The van der Waals surface area contributed by atoms with Crippen molar-refractivity contribution in [3.8, 4) is 11.4 Å². The minimum atomic E-state index is -0.0221. The zero-order valence-electron chi connectivity index (χ0n) is 15.4. The average molecular weight is 358 g/mol. The highest BCUT2D eigenvalue weighted by Gasteiger charge is 2.34. The van der Waals surface area contributed by atoms with Gasteiger partial charge in [-0.15, -0.1) is 0 Å². The SMILES string of the molecule is C[C@]1(c2ccccc2)CCCN(C(=O)c2cnc(-c3cccnc3)nc2)C1. The molecule has 2 aromatic heterocycles. The molecular formula is C22H22N4O. The molecule has 27 heavy (non-hydrogen) atoms. The number of piperidine rings is 1. The number of pyridine rings is 1. The lowest BCUT2D eigenvalue weighted by Crippen LogP contribution is -2.47. The Morgan fingerprint density at radius 1 is 1.04 bits per heavy atom. The predicted octanol–water partition coefficient (Wildman–Crippen LogP) is 3.73. The molecule has 136 valence electrons. The van der Waals surface area contributed by atoms with E-state index in [2.05, 4.69) is 46.1 Å². The first-order valence-electron chi connectivity index (χ1n) is 9.23. The third-order valence-corrected chi connectivity index (χ3v) is 5.27. The molecule has 3 aromatic rings. The van der Waals surface area contributed by atoms with E-state index in [1.165, 1.54) is 5.56 Å². The van der Waals surface area contributed by atoms with Gasteiger partial charge >= 0.3 is 0 Å². The maximum Gasteiger partial charge on any atom is 0.257 e. The summed E-state index contributed by atoms with van der Waals surface area (Å²) in [5.74, 6) is 0.571. The van der Waals surface area contributed by atoms with Gasteiger partial charge in [0.1, 0.15) is 0 Å². The van der Waals surface area contributed by atoms with Crippen molar-refractivity contribution in [3.63, 3.8) is 0 Å². The van der Waals surface area contributed by atoms with Crippen LogP contribution >= 0.6 is 0 Å². The fourth-order valence-electron chi connectivity index (χ4n) is 3.75. The first kappa shape index (κ1) is 17.3. The summed E-state index contributed by atoms with van der Waals surface area (Å²) in [7, 11) is 0. The number of nitrogens with zero attached hydrogens (tertiary/aromatic N) is 4. The highest BCUT2D eigenvalue weighted by molar-refractivity contribution is 5.94. The van der Waals surface area contributed by atoms with Crippen LogP contribution in [0.5, 0.6) is 0 Å². The summed E-state index contributed by atoms with van der Waals surface area (Å²) in [6.07, 6.45) is 8.73. The lowest BCUT2D eigenvalue weighted by molar-refractivity contribution is 0.0650. The van der Waals surface area contributed by atoms with Crippen LogP contribution in [0.25, 0.3) is 11.4 Å². The Balaban J connectivity index is 1.52. The quantitative estimate of drug-likeness (QED) is 0.716. The van der Waals surface area contributed by atoms with Crippen LogP contribution in [0.15, 0.2) is 67.3 Å². The van der Waals surface area contributed by atoms with Crippen LogP contribution in [0, 0.1) is 0 Å². The molecule has 0 saturated carbocycles. The molecule has 5 heteroatoms. The molecule has 1 fully saturated rings. The molecule has 3 heterocycles. The number of likely N-dealkylation sites (tertiary alicyclic amines) is 1. The molecule has 0 unspecified atom stereocenters. The van der Waals surface area contributed by atoms with Gasteiger partial charge in [-0.1, -0.05) is 37.3 Å². The Morgan fingerprint density at radius 2 is 1.81 bits per heavy atom. The topological polar surface area (TPSA) is 59.0 Å². The molecule has 0 radical (unpaired) electrons. The first-order valence-corrected chi connectivity index (χ1v) is 9.23. The Labute approximate surface area is 159 Å². The van der Waals surface area contributed by atoms with E-state index in [-0.39, 0.29) is 11.3 Å². The van der Waals surface area contributed by atoms with Crippen molar-refractivity contribution in [1.82, 2.24) is 19.9 Å². The predicted molar refractivity (Wildman–Crippen MR) is 104 cm³/mol. The number of carbonyl (C=O) groups excluding carboxylic acids is 1. The minimum Gasteiger partial charge on any atom is -0.338 e. The summed E-state index contributed by atoms with van der Waals surface area (Å²) in [4.78, 5) is 27.7. The fourth-order valence-corrected chi connectivity index (χ4v) is 3.75. The van der Waals surface area contributed by atoms with Crippen LogP contribution < -0.4 is 0 Å². The minimum absolute atomic E-state index is 0.00501. The van der Waals surface area contributed by atoms with Crippen LogP contribution in [-0.4, -0.2) is 38.8 Å². The monoisotopic (exact) mass is 358 g/mol. The summed E-state index contributed by atoms with van der Waals surface area (Å²) in [5.41, 5.74) is 2.63. The average Bonchev–Trinajstić information content (AvgIpc) is 2.75. The van der Waals surface area contributed by atoms with Crippen LogP contribution in [0.4, 0.5) is 0 Å². The van der Waals surface area contributed by atoms with Crippen LogP contribution in [0.2, 0.25) is 0 Å². The highest BCUT2D eigenvalue weighted by Crippen LogP contribution is 2.34. The molecule has 1 amide bonds. The van der Waals surface area contributed by atoms with Gasteiger partial charge in [-0.3, -0.25) is 9.78 Å². The van der Waals surface area contributed by atoms with Gasteiger partial charge in [-0.2, -0.15) is 0 Å². The molecule has 1 aromatic carbocycles. The van der Waals surface area contributed by atoms with E-state index in [4.69, 9.17) is 0 Å². The standard InChI is InChI=1S/C22H22N4O/c1-22(19-8-3-2-4-9-19)10-6-12-26(16-22)21(27)18-14-24-20(25-15-18)17-7-5-11-23-13-17/h2-5,7-9,11,13-15H,6,10,12,16H2,1H3/t22-/m0/s1. The first-order chi connectivity index (χ1) is 13.2. The van der Waals surface area contributed by atoms with Gasteiger partial charge in [0.25, 0.3) is 5.91 Å². The normalized spacial score (nSPS) is 19.7. The molecule has 0 bridgehead atoms. The summed E-state index contributed by atoms with van der Waals surface area (Å²) >= 11 is 0. The number of aromatic nitrogens is 3. The Kier molecular flexibility index (Phi) is 4.67. The third-order valence-electron chi connectivity index (χ3n) is 5.27. The number of amides is 1. The number of hydrogen-bond acceptors (Lipinski definition) is 4. The van der Waals surface area contributed by atoms with E-state index >= 15 is 0 Å². The van der Waals surface area contributed by atoms with E-state index in [9.17, 15) is 4.79 Å². The second kappa shape index (κ2) is 7.27. The number of benzene rings is 1. The van der Waals surface area contributed by atoms with E-state index in [0.29, 0.717) is 17.9 Å². The number of hydrogen-bond donors (Lipinski definition) is 0. The molecule has 4 rings (SSSR count). The lowest BCUT2D eigenvalue weighted by atomic mass is 9.76. The lowest BCUT2D eigenvalue weighted by Gasteiger charge is -2.41. The van der Waals surface area contributed by atoms with Crippen LogP contribution in [0.1, 0.15) is 35.7 Å². The summed E-state index contributed by atoms with van der Waals surface area (Å²) in [6.45, 7) is 3.72. The number of carbonyl (C=O) groups is 1. The fraction of sp³-hybridized carbons (Fsp3) is 0.273. The Hall–Kier alpha value is -3.08. The van der Waals surface area contributed by atoms with Gasteiger partial charge in [0.15, 0.2) is 5.82 Å². The Bertz CT molecular complexity index is 912. The van der Waals surface area contributed by atoms with Crippen LogP contribution in [0.3, 0.4) is 0 Å². The second-order valence-corrected chi connectivity index (χ2v) is 7.29. The summed E-state index contributed by atoms with van der Waals surface area (Å²) < 4.78 is 0. The highest BCUT2D eigenvalue weighted by atomic mass is 16.2. The maximum absolute atomic E-state index is 13.0. The Morgan fingerprint density at radius 3 is 2.52 bits per heavy atom. The van der Waals surface area contributed by atoms with Crippen molar-refractivity contribution in [1.29, 1.82) is 0 Å². The van der Waals surface area contributed by atoms with E-state index in [0.717, 1.165) is 24.9 Å². The molecular weight excluding hydrogens is 336 g/mol. The van der Waals surface area contributed by atoms with Crippen molar-refractivity contribution in [2.45, 2.75) is 25.2 Å². The van der Waals surface area contributed by atoms with E-state index < -0.39 is 0 Å². The molecule has 0 spiro atoms. The van der Waals surface area contributed by atoms with Gasteiger partial charge in [0.05, 0.1) is 5.56 Å². The number of rotatable bonds is 3. The van der Waals surface area contributed by atoms with Crippen molar-refractivity contribution in [2.24, 2.45) is 0 Å². The van der Waals surface area contributed by atoms with Crippen LogP contribution in [-0.2, 0) is 5.41 Å². The van der Waals surface area contributed by atoms with E-state index in [1.54, 1.807) is 24.8 Å². The molecule has 1 aliphatic rings. The molecule has 1 atom stereocenters. The van der Waals surface area contributed by atoms with Gasteiger partial charge in [0.2, 0.25) is 0 Å². The zero-order chi connectivity index (χ0) is 18.7. The molecule has 1 aliphatic heterocycles. The zero-order valence-corrected chi connectivity index (χ0v) is 15.4. The second-order valence-electron chi connectivity index (χ2n) is 7.29. The van der Waals surface area contributed by atoms with Gasteiger partial charge in [-0.05, 0) is 30.5 Å². The van der Waals surface area contributed by atoms with Crippen molar-refractivity contribution >= 4 is 5.91 Å². The molecule has 1 saturated heterocycles. The molecule has 5 nitrogen and oxygen atoms in total. The van der Waals surface area contributed by atoms with E-state index in [1.807, 2.05) is 23.1 Å². The van der Waals surface area contributed by atoms with Gasteiger partial charge in [0, 0.05) is 48.9 Å².